The van der Waals surface area contributed by atoms with Gasteiger partial charge >= 0.3 is 5.97 Å². The lowest BCUT2D eigenvalue weighted by Gasteiger charge is -2.26. The van der Waals surface area contributed by atoms with Crippen molar-refractivity contribution in [2.45, 2.75) is 39.5 Å². The number of carbonyl (C=O) groups is 2. The number of rotatable bonds is 7. The van der Waals surface area contributed by atoms with E-state index < -0.39 is 23.4 Å². The molecule has 0 saturated heterocycles. The maximum Gasteiger partial charge on any atom is 0.305 e. The molecule has 0 radical (unpaired) electrons. The quantitative estimate of drug-likeness (QED) is 0.375. The fourth-order valence-corrected chi connectivity index (χ4v) is 0.831. The lowest BCUT2D eigenvalue weighted by atomic mass is 9.87. The van der Waals surface area contributed by atoms with Crippen LogP contribution in [0.3, 0.4) is 0 Å². The summed E-state index contributed by atoms with van der Waals surface area (Å²) in [5, 5.41) is 37.5. The normalized spacial score (nSPS) is 14.0. The van der Waals surface area contributed by atoms with Crippen molar-refractivity contribution in [3.63, 3.8) is 0 Å². The highest BCUT2D eigenvalue weighted by Gasteiger charge is 2.32. The van der Waals surface area contributed by atoms with Crippen molar-refractivity contribution in [3.05, 3.63) is 0 Å². The van der Waals surface area contributed by atoms with Crippen LogP contribution in [0.5, 0.6) is 0 Å². The second-order valence-corrected chi connectivity index (χ2v) is 5.58. The number of aliphatic hydroxyl groups excluding tert-OH is 3. The Labute approximate surface area is 125 Å². The summed E-state index contributed by atoms with van der Waals surface area (Å²) in [5.41, 5.74) is -0.937. The van der Waals surface area contributed by atoms with Gasteiger partial charge in [0.1, 0.15) is 12.3 Å². The third kappa shape index (κ3) is 11.1. The number of amides is 1. The van der Waals surface area contributed by atoms with Crippen LogP contribution >= 0.6 is 0 Å². The molecule has 1 amide bonds. The standard InChI is InChI=1S/C9H17NO5.C4H11NO/c1-9(2,5-11)7(14)8(15)10-4-3-6(12)13;1-4(6)5(2)3/h7,11,14H,3-5H2,1-2H3,(H,10,15)(H,12,13);4,6H,1-3H3/t7-;/m0./s1. The van der Waals surface area contributed by atoms with E-state index in [9.17, 15) is 14.7 Å². The lowest BCUT2D eigenvalue weighted by Crippen LogP contribution is -2.45. The molecule has 126 valence electrons. The predicted octanol–water partition coefficient (Wildman–Crippen LogP) is -1.16. The molecule has 1 unspecified atom stereocenters. The molecule has 8 nitrogen and oxygen atoms in total. The molecule has 21 heavy (non-hydrogen) atoms. The number of aliphatic carboxylic acids is 1. The van der Waals surface area contributed by atoms with E-state index in [1.807, 2.05) is 14.1 Å². The Morgan fingerprint density at radius 2 is 1.67 bits per heavy atom. The minimum absolute atomic E-state index is 0.0350. The molecule has 0 aromatic heterocycles. The number of carboxylic acid groups (broad SMARTS) is 1. The summed E-state index contributed by atoms with van der Waals surface area (Å²) in [5.74, 6) is -1.69. The van der Waals surface area contributed by atoms with E-state index in [0.717, 1.165) is 0 Å². The van der Waals surface area contributed by atoms with Crippen LogP contribution in [-0.4, -0.2) is 76.8 Å². The molecule has 0 saturated carbocycles. The molecule has 0 aromatic rings. The summed E-state index contributed by atoms with van der Waals surface area (Å²) in [6.45, 7) is 4.43. The van der Waals surface area contributed by atoms with Gasteiger partial charge in [-0.1, -0.05) is 13.8 Å². The number of carbonyl (C=O) groups excluding carboxylic acids is 1. The van der Waals surface area contributed by atoms with E-state index in [1.54, 1.807) is 11.8 Å². The number of hydrogen-bond donors (Lipinski definition) is 5. The number of aliphatic hydroxyl groups is 3. The van der Waals surface area contributed by atoms with E-state index >= 15 is 0 Å². The summed E-state index contributed by atoms with van der Waals surface area (Å²) in [6.07, 6.45) is -1.86. The van der Waals surface area contributed by atoms with Gasteiger partial charge in [-0.25, -0.2) is 0 Å². The molecule has 5 N–H and O–H groups in total. The van der Waals surface area contributed by atoms with Gasteiger partial charge in [0.15, 0.2) is 0 Å². The van der Waals surface area contributed by atoms with E-state index in [1.165, 1.54) is 13.8 Å². The van der Waals surface area contributed by atoms with Crippen LogP contribution in [0, 0.1) is 5.41 Å². The van der Waals surface area contributed by atoms with E-state index in [0.29, 0.717) is 0 Å². The van der Waals surface area contributed by atoms with Gasteiger partial charge < -0.3 is 25.7 Å². The van der Waals surface area contributed by atoms with Crippen LogP contribution in [0.4, 0.5) is 0 Å². The van der Waals surface area contributed by atoms with Crippen LogP contribution in [0.25, 0.3) is 0 Å². The molecule has 8 heteroatoms. The van der Waals surface area contributed by atoms with Crippen LogP contribution in [-0.2, 0) is 9.59 Å². The molecular formula is C13H28N2O6. The minimum Gasteiger partial charge on any atom is -0.481 e. The van der Waals surface area contributed by atoms with Crippen LogP contribution in [0.2, 0.25) is 0 Å². The van der Waals surface area contributed by atoms with Crippen molar-refractivity contribution < 1.29 is 30.0 Å². The first-order chi connectivity index (χ1) is 9.45. The Bertz CT molecular complexity index is 312. The Kier molecular flexibility index (Phi) is 11.0. The molecular weight excluding hydrogens is 280 g/mol. The van der Waals surface area contributed by atoms with Crippen molar-refractivity contribution in [1.82, 2.24) is 10.2 Å². The monoisotopic (exact) mass is 308 g/mol. The van der Waals surface area contributed by atoms with Gasteiger partial charge in [-0.3, -0.25) is 14.5 Å². The summed E-state index contributed by atoms with van der Waals surface area (Å²) >= 11 is 0. The van der Waals surface area contributed by atoms with Crippen LogP contribution in [0.1, 0.15) is 27.2 Å². The smallest absolute Gasteiger partial charge is 0.305 e. The Balaban J connectivity index is 0. The molecule has 0 aromatic carbocycles. The summed E-state index contributed by atoms with van der Waals surface area (Å²) in [6, 6.07) is 0. The zero-order chi connectivity index (χ0) is 17.2. The van der Waals surface area contributed by atoms with E-state index in [4.69, 9.17) is 15.3 Å². The van der Waals surface area contributed by atoms with E-state index in [-0.39, 0.29) is 25.8 Å². The molecule has 0 aliphatic rings. The molecule has 0 fully saturated rings. The first-order valence-corrected chi connectivity index (χ1v) is 6.58. The number of carboxylic acids is 1. The fourth-order valence-electron chi connectivity index (χ4n) is 0.831. The van der Waals surface area contributed by atoms with Crippen molar-refractivity contribution in [3.8, 4) is 0 Å². The maximum atomic E-state index is 11.3. The fraction of sp³-hybridized carbons (Fsp3) is 0.846. The number of nitrogens with one attached hydrogen (secondary N) is 1. The molecule has 2 atom stereocenters. The topological polar surface area (TPSA) is 130 Å². The van der Waals surface area contributed by atoms with Gasteiger partial charge in [-0.2, -0.15) is 0 Å². The SMILES string of the molecule is CC(C)(CO)[C@@H](O)C(=O)NCCC(=O)O.CC(O)N(C)C. The van der Waals surface area contributed by atoms with Gasteiger partial charge in [-0.15, -0.1) is 0 Å². The van der Waals surface area contributed by atoms with Gasteiger partial charge in [0.25, 0.3) is 0 Å². The van der Waals surface area contributed by atoms with Gasteiger partial charge in [-0.05, 0) is 21.0 Å². The van der Waals surface area contributed by atoms with Crippen LogP contribution in [0.15, 0.2) is 0 Å². The minimum atomic E-state index is -1.35. The average molecular weight is 308 g/mol. The molecule has 0 spiro atoms. The highest BCUT2D eigenvalue weighted by Crippen LogP contribution is 2.19. The highest BCUT2D eigenvalue weighted by atomic mass is 16.4. The molecule has 0 heterocycles. The number of nitrogens with zero attached hydrogens (tertiary/aromatic N) is 1. The molecule has 0 bridgehead atoms. The lowest BCUT2D eigenvalue weighted by molar-refractivity contribution is -0.138. The third-order valence-electron chi connectivity index (χ3n) is 2.78. The van der Waals surface area contributed by atoms with Crippen molar-refractivity contribution in [2.24, 2.45) is 5.41 Å². The van der Waals surface area contributed by atoms with Crippen molar-refractivity contribution in [2.75, 3.05) is 27.2 Å². The second kappa shape index (κ2) is 10.5. The second-order valence-electron chi connectivity index (χ2n) is 5.58. The zero-order valence-electron chi connectivity index (χ0n) is 13.3. The molecule has 0 aliphatic carbocycles. The molecule has 0 rings (SSSR count). The van der Waals surface area contributed by atoms with Gasteiger partial charge in [0, 0.05) is 12.0 Å². The van der Waals surface area contributed by atoms with E-state index in [2.05, 4.69) is 5.32 Å². The first-order valence-electron chi connectivity index (χ1n) is 6.58. The Hall–Kier alpha value is -1.22. The van der Waals surface area contributed by atoms with Crippen LogP contribution < -0.4 is 5.32 Å². The number of hydrogen-bond acceptors (Lipinski definition) is 6. The summed E-state index contributed by atoms with van der Waals surface area (Å²) in [7, 11) is 3.65. The van der Waals surface area contributed by atoms with Gasteiger partial charge in [0.2, 0.25) is 5.91 Å². The zero-order valence-corrected chi connectivity index (χ0v) is 13.3. The maximum absolute atomic E-state index is 11.3. The first kappa shape index (κ1) is 22.1. The van der Waals surface area contributed by atoms with Crippen molar-refractivity contribution in [1.29, 1.82) is 0 Å². The summed E-state index contributed by atoms with van der Waals surface area (Å²) < 4.78 is 0. The Morgan fingerprint density at radius 1 is 1.24 bits per heavy atom. The van der Waals surface area contributed by atoms with Gasteiger partial charge in [0.05, 0.1) is 13.0 Å². The van der Waals surface area contributed by atoms with Crippen molar-refractivity contribution >= 4 is 11.9 Å². The summed E-state index contributed by atoms with van der Waals surface area (Å²) in [4.78, 5) is 23.1. The predicted molar refractivity (Wildman–Crippen MR) is 77.5 cm³/mol. The largest absolute Gasteiger partial charge is 0.481 e. The average Bonchev–Trinajstić information content (AvgIpc) is 2.37. The Morgan fingerprint density at radius 3 is 1.95 bits per heavy atom. The third-order valence-corrected chi connectivity index (χ3v) is 2.78. The highest BCUT2D eigenvalue weighted by molar-refractivity contribution is 5.81. The molecule has 0 aliphatic heterocycles.